The molecule has 1 heterocycles. The Morgan fingerprint density at radius 3 is 2.60 bits per heavy atom. The van der Waals surface area contributed by atoms with E-state index in [-0.39, 0.29) is 17.3 Å². The number of nitrogens with zero attached hydrogens (tertiary/aromatic N) is 1. The van der Waals surface area contributed by atoms with Crippen LogP contribution in [0.25, 0.3) is 0 Å². The molecule has 1 aliphatic rings. The van der Waals surface area contributed by atoms with Gasteiger partial charge in [0.2, 0.25) is 20.0 Å². The lowest BCUT2D eigenvalue weighted by atomic mass is 10.2. The molecule has 0 aliphatic carbocycles. The monoisotopic (exact) mass is 320 g/mol. The Morgan fingerprint density at radius 2 is 2.00 bits per heavy atom. The summed E-state index contributed by atoms with van der Waals surface area (Å²) in [5.41, 5.74) is 1.17. The highest BCUT2D eigenvalue weighted by atomic mass is 32.2. The Kier molecular flexibility index (Phi) is 4.05. The van der Waals surface area contributed by atoms with Crippen LogP contribution in [0.2, 0.25) is 0 Å². The fourth-order valence-electron chi connectivity index (χ4n) is 2.11. The van der Waals surface area contributed by atoms with E-state index in [2.05, 4.69) is 0 Å². The molecular weight excluding hydrogens is 304 g/mol. The van der Waals surface area contributed by atoms with Crippen molar-refractivity contribution in [2.75, 3.05) is 30.3 Å². The van der Waals surface area contributed by atoms with Gasteiger partial charge in [-0.3, -0.25) is 4.31 Å². The Labute approximate surface area is 118 Å². The van der Waals surface area contributed by atoms with Crippen LogP contribution in [0.4, 0.5) is 5.69 Å². The van der Waals surface area contributed by atoms with Crippen LogP contribution in [0.3, 0.4) is 0 Å². The lowest BCUT2D eigenvalue weighted by Gasteiger charge is -2.19. The third-order valence-electron chi connectivity index (χ3n) is 3.11. The zero-order valence-corrected chi connectivity index (χ0v) is 12.6. The van der Waals surface area contributed by atoms with Gasteiger partial charge in [0.15, 0.2) is 0 Å². The molecule has 1 aliphatic heterocycles. The molecule has 9 heteroatoms. The van der Waals surface area contributed by atoms with Crippen LogP contribution in [-0.4, -0.2) is 42.8 Å². The predicted octanol–water partition coefficient (Wildman–Crippen LogP) is -0.327. The first-order valence-electron chi connectivity index (χ1n) is 5.91. The Hall–Kier alpha value is -1.16. The van der Waals surface area contributed by atoms with Crippen LogP contribution >= 0.6 is 0 Å². The molecule has 0 aromatic heterocycles. The predicted molar refractivity (Wildman–Crippen MR) is 74.5 cm³/mol. The van der Waals surface area contributed by atoms with E-state index < -0.39 is 20.0 Å². The fourth-order valence-corrected chi connectivity index (χ4v) is 4.12. The van der Waals surface area contributed by atoms with Crippen LogP contribution in [0.15, 0.2) is 23.1 Å². The number of sulfonamides is 2. The Morgan fingerprint density at radius 1 is 1.30 bits per heavy atom. The van der Waals surface area contributed by atoms with E-state index in [0.29, 0.717) is 24.2 Å². The Bertz CT molecular complexity index is 712. The second kappa shape index (κ2) is 5.32. The summed E-state index contributed by atoms with van der Waals surface area (Å²) in [5.74, 6) is -0.111. The van der Waals surface area contributed by atoms with Crippen LogP contribution in [0, 0.1) is 0 Å². The van der Waals surface area contributed by atoms with E-state index >= 15 is 0 Å². The van der Waals surface area contributed by atoms with Crippen LogP contribution in [-0.2, 0) is 31.2 Å². The summed E-state index contributed by atoms with van der Waals surface area (Å²) in [6.07, 6.45) is 0.463. The highest BCUT2D eigenvalue weighted by molar-refractivity contribution is 7.92. The molecular formula is C11H16N2O5S2. The number of nitrogens with two attached hydrogens (primary N) is 1. The van der Waals surface area contributed by atoms with Crippen LogP contribution in [0.5, 0.6) is 0 Å². The molecule has 112 valence electrons. The quantitative estimate of drug-likeness (QED) is 0.799. The van der Waals surface area contributed by atoms with Crippen molar-refractivity contribution in [2.45, 2.75) is 11.3 Å². The van der Waals surface area contributed by atoms with Crippen molar-refractivity contribution in [3.8, 4) is 0 Å². The molecule has 0 fully saturated rings. The molecule has 0 radical (unpaired) electrons. The van der Waals surface area contributed by atoms with Gasteiger partial charge in [-0.05, 0) is 30.2 Å². The minimum Gasteiger partial charge on any atom is -0.384 e. The molecule has 0 bridgehead atoms. The number of ether oxygens (including phenoxy) is 1. The maximum Gasteiger partial charge on any atom is 0.238 e. The number of benzene rings is 1. The van der Waals surface area contributed by atoms with Gasteiger partial charge in [0.1, 0.15) is 0 Å². The van der Waals surface area contributed by atoms with Gasteiger partial charge < -0.3 is 4.74 Å². The fraction of sp³-hybridized carbons (Fsp3) is 0.455. The molecule has 1 aromatic rings. The second-order valence-electron chi connectivity index (χ2n) is 4.47. The number of rotatable bonds is 5. The molecule has 0 spiro atoms. The average molecular weight is 320 g/mol. The molecule has 2 rings (SSSR count). The first kappa shape index (κ1) is 15.2. The van der Waals surface area contributed by atoms with Crippen molar-refractivity contribution in [3.63, 3.8) is 0 Å². The first-order valence-corrected chi connectivity index (χ1v) is 9.06. The molecule has 0 saturated carbocycles. The van der Waals surface area contributed by atoms with E-state index in [0.717, 1.165) is 0 Å². The third-order valence-corrected chi connectivity index (χ3v) is 5.76. The topological polar surface area (TPSA) is 107 Å². The van der Waals surface area contributed by atoms with E-state index in [1.165, 1.54) is 29.6 Å². The van der Waals surface area contributed by atoms with Crippen molar-refractivity contribution in [3.05, 3.63) is 23.8 Å². The van der Waals surface area contributed by atoms with E-state index in [1.807, 2.05) is 0 Å². The van der Waals surface area contributed by atoms with Gasteiger partial charge in [-0.25, -0.2) is 22.0 Å². The summed E-state index contributed by atoms with van der Waals surface area (Å²) >= 11 is 0. The molecule has 0 unspecified atom stereocenters. The highest BCUT2D eigenvalue weighted by Crippen LogP contribution is 2.32. The van der Waals surface area contributed by atoms with Gasteiger partial charge in [-0.2, -0.15) is 0 Å². The summed E-state index contributed by atoms with van der Waals surface area (Å²) in [5, 5.41) is 5.06. The van der Waals surface area contributed by atoms with E-state index in [1.54, 1.807) is 0 Å². The van der Waals surface area contributed by atoms with Gasteiger partial charge >= 0.3 is 0 Å². The van der Waals surface area contributed by atoms with E-state index in [4.69, 9.17) is 9.88 Å². The van der Waals surface area contributed by atoms with Gasteiger partial charge in [-0.1, -0.05) is 0 Å². The molecule has 1 aromatic carbocycles. The Balaban J connectivity index is 2.35. The number of hydrogen-bond donors (Lipinski definition) is 1. The van der Waals surface area contributed by atoms with Gasteiger partial charge in [0.25, 0.3) is 0 Å². The summed E-state index contributed by atoms with van der Waals surface area (Å²) < 4.78 is 52.9. The summed E-state index contributed by atoms with van der Waals surface area (Å²) in [6.45, 7) is 0.416. The molecule has 2 N–H and O–H groups in total. The second-order valence-corrected chi connectivity index (χ2v) is 8.04. The molecule has 20 heavy (non-hydrogen) atoms. The lowest BCUT2D eigenvalue weighted by Crippen LogP contribution is -2.32. The molecule has 7 nitrogen and oxygen atoms in total. The summed E-state index contributed by atoms with van der Waals surface area (Å²) in [4.78, 5) is -0.00705. The van der Waals surface area contributed by atoms with E-state index in [9.17, 15) is 16.8 Å². The maximum atomic E-state index is 12.1. The van der Waals surface area contributed by atoms with Gasteiger partial charge in [-0.15, -0.1) is 0 Å². The number of primary sulfonamides is 1. The van der Waals surface area contributed by atoms with Crippen LogP contribution < -0.4 is 9.44 Å². The zero-order chi connectivity index (χ0) is 15.0. The van der Waals surface area contributed by atoms with Crippen molar-refractivity contribution >= 4 is 25.7 Å². The minimum atomic E-state index is -3.78. The number of fused-ring (bicyclic) bond motifs is 1. The van der Waals surface area contributed by atoms with Gasteiger partial charge in [0.05, 0.1) is 22.9 Å². The summed E-state index contributed by atoms with van der Waals surface area (Å²) in [6, 6.07) is 4.22. The normalized spacial score (nSPS) is 15.4. The highest BCUT2D eigenvalue weighted by Gasteiger charge is 2.29. The van der Waals surface area contributed by atoms with Crippen LogP contribution in [0.1, 0.15) is 5.56 Å². The minimum absolute atomic E-state index is 0.00705. The van der Waals surface area contributed by atoms with Crippen molar-refractivity contribution < 1.29 is 21.6 Å². The SMILES string of the molecule is COCCS(=O)(=O)N1CCc2cc(S(N)(=O)=O)ccc21. The van der Waals surface area contributed by atoms with Crippen molar-refractivity contribution in [1.29, 1.82) is 0 Å². The molecule has 0 amide bonds. The molecule has 0 saturated heterocycles. The first-order chi connectivity index (χ1) is 9.25. The maximum absolute atomic E-state index is 12.1. The van der Waals surface area contributed by atoms with Crippen molar-refractivity contribution in [2.24, 2.45) is 5.14 Å². The zero-order valence-electron chi connectivity index (χ0n) is 10.9. The molecule has 0 atom stereocenters. The number of anilines is 1. The summed E-state index contributed by atoms with van der Waals surface area (Å²) in [7, 11) is -5.80. The smallest absolute Gasteiger partial charge is 0.238 e. The number of hydrogen-bond acceptors (Lipinski definition) is 5. The third kappa shape index (κ3) is 2.95. The lowest BCUT2D eigenvalue weighted by molar-refractivity contribution is 0.217. The average Bonchev–Trinajstić information content (AvgIpc) is 2.79. The standard InChI is InChI=1S/C11H16N2O5S2/c1-18-6-7-19(14,15)13-5-4-9-8-10(20(12,16)17)2-3-11(9)13/h2-3,8H,4-7H2,1H3,(H2,12,16,17). The number of methoxy groups -OCH3 is 1. The van der Waals surface area contributed by atoms with Gasteiger partial charge in [0, 0.05) is 13.7 Å². The van der Waals surface area contributed by atoms with Crippen molar-refractivity contribution in [1.82, 2.24) is 0 Å². The largest absolute Gasteiger partial charge is 0.384 e.